The predicted molar refractivity (Wildman–Crippen MR) is 56.6 cm³/mol. The molecule has 17 heavy (non-hydrogen) atoms. The Morgan fingerprint density at radius 1 is 1.35 bits per heavy atom. The topological polar surface area (TPSA) is 88.4 Å². The number of hydrogen-bond acceptors (Lipinski definition) is 5. The quantitative estimate of drug-likeness (QED) is 0.702. The van der Waals surface area contributed by atoms with Crippen molar-refractivity contribution < 1.29 is 24.3 Å². The van der Waals surface area contributed by atoms with Crippen molar-refractivity contribution in [2.45, 2.75) is 18.9 Å². The summed E-state index contributed by atoms with van der Waals surface area (Å²) in [6, 6.07) is 0. The van der Waals surface area contributed by atoms with Crippen LogP contribution in [0.3, 0.4) is 0 Å². The first-order valence-electron chi connectivity index (χ1n) is 5.51. The molecule has 2 aliphatic heterocycles. The summed E-state index contributed by atoms with van der Waals surface area (Å²) in [5.74, 6) is -1.35. The SMILES string of the molecule is O=C(O)C1=NOC(C(=O)N2CCCOCC2)C1. The molecule has 0 aromatic carbocycles. The van der Waals surface area contributed by atoms with E-state index in [0.29, 0.717) is 26.3 Å². The van der Waals surface area contributed by atoms with Gasteiger partial charge in [0, 0.05) is 26.1 Å². The summed E-state index contributed by atoms with van der Waals surface area (Å²) in [7, 11) is 0. The van der Waals surface area contributed by atoms with E-state index in [4.69, 9.17) is 14.7 Å². The van der Waals surface area contributed by atoms with Crippen molar-refractivity contribution in [2.24, 2.45) is 5.16 Å². The highest BCUT2D eigenvalue weighted by Crippen LogP contribution is 2.14. The Labute approximate surface area is 98.0 Å². The molecule has 1 fully saturated rings. The first-order chi connectivity index (χ1) is 8.18. The van der Waals surface area contributed by atoms with Crippen molar-refractivity contribution in [1.29, 1.82) is 0 Å². The third-order valence-electron chi connectivity index (χ3n) is 2.73. The molecular weight excluding hydrogens is 228 g/mol. The number of nitrogens with zero attached hydrogens (tertiary/aromatic N) is 2. The highest BCUT2D eigenvalue weighted by molar-refractivity contribution is 6.36. The molecule has 2 heterocycles. The number of amides is 1. The standard InChI is InChI=1S/C10H14N2O5/c13-9(12-2-1-4-16-5-3-12)8-6-7(10(14)15)11-17-8/h8H,1-6H2,(H,14,15). The molecule has 0 aromatic rings. The zero-order valence-electron chi connectivity index (χ0n) is 9.29. The summed E-state index contributed by atoms with van der Waals surface area (Å²) in [6.45, 7) is 2.28. The van der Waals surface area contributed by atoms with Gasteiger partial charge >= 0.3 is 5.97 Å². The van der Waals surface area contributed by atoms with Crippen LogP contribution in [0.1, 0.15) is 12.8 Å². The summed E-state index contributed by atoms with van der Waals surface area (Å²) in [4.78, 5) is 29.1. The number of carbonyl (C=O) groups excluding carboxylic acids is 1. The summed E-state index contributed by atoms with van der Waals surface area (Å²) in [5, 5.41) is 12.1. The number of oxime groups is 1. The van der Waals surface area contributed by atoms with Gasteiger partial charge in [0.1, 0.15) is 0 Å². The van der Waals surface area contributed by atoms with E-state index >= 15 is 0 Å². The fraction of sp³-hybridized carbons (Fsp3) is 0.700. The van der Waals surface area contributed by atoms with Crippen LogP contribution in [0.4, 0.5) is 0 Å². The first kappa shape index (κ1) is 11.8. The average molecular weight is 242 g/mol. The number of carboxylic acid groups (broad SMARTS) is 1. The maximum Gasteiger partial charge on any atom is 0.353 e. The Kier molecular flexibility index (Phi) is 3.58. The number of aliphatic carboxylic acids is 1. The van der Waals surface area contributed by atoms with Gasteiger partial charge in [-0.15, -0.1) is 0 Å². The summed E-state index contributed by atoms with van der Waals surface area (Å²) < 4.78 is 5.24. The minimum atomic E-state index is -1.14. The first-order valence-corrected chi connectivity index (χ1v) is 5.51. The third kappa shape index (κ3) is 2.73. The molecule has 2 aliphatic rings. The smallest absolute Gasteiger partial charge is 0.353 e. The molecule has 0 bridgehead atoms. The third-order valence-corrected chi connectivity index (χ3v) is 2.73. The second kappa shape index (κ2) is 5.13. The highest BCUT2D eigenvalue weighted by Gasteiger charge is 2.34. The van der Waals surface area contributed by atoms with Crippen LogP contribution < -0.4 is 0 Å². The molecule has 0 aliphatic carbocycles. The molecule has 7 nitrogen and oxygen atoms in total. The van der Waals surface area contributed by atoms with Gasteiger partial charge in [0.2, 0.25) is 6.10 Å². The monoisotopic (exact) mass is 242 g/mol. The minimum Gasteiger partial charge on any atom is -0.477 e. The van der Waals surface area contributed by atoms with E-state index in [9.17, 15) is 9.59 Å². The van der Waals surface area contributed by atoms with E-state index in [2.05, 4.69) is 5.16 Å². The predicted octanol–water partition coefficient (Wildman–Crippen LogP) is -0.535. The molecule has 1 amide bonds. The number of carboxylic acids is 1. The molecular formula is C10H14N2O5. The van der Waals surface area contributed by atoms with Crippen LogP contribution in [-0.2, 0) is 19.2 Å². The molecule has 2 rings (SSSR count). The van der Waals surface area contributed by atoms with Gasteiger partial charge in [0.25, 0.3) is 5.91 Å². The van der Waals surface area contributed by atoms with Gasteiger partial charge in [-0.1, -0.05) is 5.16 Å². The molecule has 0 saturated carbocycles. The summed E-state index contributed by atoms with van der Waals surface area (Å²) in [6.07, 6.45) is 0.0237. The van der Waals surface area contributed by atoms with Crippen LogP contribution >= 0.6 is 0 Å². The largest absolute Gasteiger partial charge is 0.477 e. The average Bonchev–Trinajstić information content (AvgIpc) is 2.65. The lowest BCUT2D eigenvalue weighted by molar-refractivity contribution is -0.142. The van der Waals surface area contributed by atoms with Crippen LogP contribution in [0.25, 0.3) is 0 Å². The fourth-order valence-electron chi connectivity index (χ4n) is 1.81. The van der Waals surface area contributed by atoms with Crippen molar-refractivity contribution >= 4 is 17.6 Å². The fourth-order valence-corrected chi connectivity index (χ4v) is 1.81. The Bertz CT molecular complexity index is 347. The Hall–Kier alpha value is -1.63. The Balaban J connectivity index is 1.91. The van der Waals surface area contributed by atoms with Gasteiger partial charge in [-0.05, 0) is 6.42 Å². The maximum atomic E-state index is 12.0. The van der Waals surface area contributed by atoms with E-state index in [1.165, 1.54) is 0 Å². The zero-order valence-corrected chi connectivity index (χ0v) is 9.29. The van der Waals surface area contributed by atoms with Crippen LogP contribution in [0.15, 0.2) is 5.16 Å². The highest BCUT2D eigenvalue weighted by atomic mass is 16.6. The van der Waals surface area contributed by atoms with Crippen molar-refractivity contribution in [3.63, 3.8) is 0 Å². The van der Waals surface area contributed by atoms with Crippen molar-refractivity contribution in [3.8, 4) is 0 Å². The summed E-state index contributed by atoms with van der Waals surface area (Å²) >= 11 is 0. The maximum absolute atomic E-state index is 12.0. The number of ether oxygens (including phenoxy) is 1. The second-order valence-electron chi connectivity index (χ2n) is 3.93. The van der Waals surface area contributed by atoms with Crippen molar-refractivity contribution in [1.82, 2.24) is 4.90 Å². The molecule has 94 valence electrons. The second-order valence-corrected chi connectivity index (χ2v) is 3.93. The Morgan fingerprint density at radius 2 is 2.18 bits per heavy atom. The van der Waals surface area contributed by atoms with Crippen molar-refractivity contribution in [3.05, 3.63) is 0 Å². The van der Waals surface area contributed by atoms with E-state index < -0.39 is 12.1 Å². The molecule has 7 heteroatoms. The van der Waals surface area contributed by atoms with Gasteiger partial charge in [0.15, 0.2) is 5.71 Å². The number of carbonyl (C=O) groups is 2. The van der Waals surface area contributed by atoms with Crippen LogP contribution in [-0.4, -0.2) is 60.0 Å². The van der Waals surface area contributed by atoms with Gasteiger partial charge < -0.3 is 19.6 Å². The molecule has 1 N–H and O–H groups in total. The van der Waals surface area contributed by atoms with E-state index in [1.54, 1.807) is 4.90 Å². The van der Waals surface area contributed by atoms with Gasteiger partial charge in [-0.3, -0.25) is 4.79 Å². The number of rotatable bonds is 2. The van der Waals surface area contributed by atoms with Gasteiger partial charge in [0.05, 0.1) is 6.61 Å². The molecule has 0 aromatic heterocycles. The molecule has 0 radical (unpaired) electrons. The van der Waals surface area contributed by atoms with Gasteiger partial charge in [-0.25, -0.2) is 4.79 Å². The molecule has 1 atom stereocenters. The van der Waals surface area contributed by atoms with Crippen molar-refractivity contribution in [2.75, 3.05) is 26.3 Å². The van der Waals surface area contributed by atoms with E-state index in [0.717, 1.165) is 6.42 Å². The molecule has 1 unspecified atom stereocenters. The van der Waals surface area contributed by atoms with E-state index in [1.807, 2.05) is 0 Å². The lowest BCUT2D eigenvalue weighted by Gasteiger charge is -2.21. The van der Waals surface area contributed by atoms with Gasteiger partial charge in [-0.2, -0.15) is 0 Å². The molecule has 0 spiro atoms. The molecule has 1 saturated heterocycles. The summed E-state index contributed by atoms with van der Waals surface area (Å²) in [5.41, 5.74) is -0.102. The lowest BCUT2D eigenvalue weighted by Crippen LogP contribution is -2.41. The lowest BCUT2D eigenvalue weighted by atomic mass is 10.1. The zero-order chi connectivity index (χ0) is 12.3. The van der Waals surface area contributed by atoms with Crippen LogP contribution in [0.2, 0.25) is 0 Å². The minimum absolute atomic E-state index is 0.0333. The van der Waals surface area contributed by atoms with Crippen LogP contribution in [0, 0.1) is 0 Å². The van der Waals surface area contributed by atoms with Crippen LogP contribution in [0.5, 0.6) is 0 Å². The number of hydrogen-bond donors (Lipinski definition) is 1. The van der Waals surface area contributed by atoms with E-state index in [-0.39, 0.29) is 18.0 Å². The normalized spacial score (nSPS) is 24.8. The Morgan fingerprint density at radius 3 is 2.88 bits per heavy atom.